The molecule has 1 unspecified atom stereocenters. The van der Waals surface area contributed by atoms with E-state index in [1.165, 1.54) is 4.90 Å². The van der Waals surface area contributed by atoms with Gasteiger partial charge in [0.2, 0.25) is 0 Å². The molecule has 0 aromatic rings. The molecule has 1 fully saturated rings. The van der Waals surface area contributed by atoms with Gasteiger partial charge in [0.25, 0.3) is 5.91 Å². The Balaban J connectivity index is 2.72. The van der Waals surface area contributed by atoms with Crippen LogP contribution in [-0.2, 0) is 9.59 Å². The quantitative estimate of drug-likeness (QED) is 0.583. The Kier molecular flexibility index (Phi) is 2.91. The Hall–Kier alpha value is -1.50. The first-order valence-electron chi connectivity index (χ1n) is 4.13. The molecule has 1 aliphatic rings. The Morgan fingerprint density at radius 1 is 1.54 bits per heavy atom. The Labute approximate surface area is 76.5 Å². The van der Waals surface area contributed by atoms with E-state index in [4.69, 9.17) is 5.11 Å². The molecule has 1 heterocycles. The van der Waals surface area contributed by atoms with Gasteiger partial charge in [-0.3, -0.25) is 4.79 Å². The van der Waals surface area contributed by atoms with Crippen LogP contribution in [0.2, 0.25) is 0 Å². The topological polar surface area (TPSA) is 57.6 Å². The molecule has 1 atom stereocenters. The fourth-order valence-corrected chi connectivity index (χ4v) is 1.45. The van der Waals surface area contributed by atoms with Crippen LogP contribution >= 0.6 is 0 Å². The van der Waals surface area contributed by atoms with E-state index in [9.17, 15) is 9.59 Å². The predicted octanol–water partition coefficient (Wildman–Crippen LogP) is 0.0853. The predicted molar refractivity (Wildman–Crippen MR) is 45.8 cm³/mol. The largest absolute Gasteiger partial charge is 0.480 e. The zero-order valence-corrected chi connectivity index (χ0v) is 7.41. The molecule has 0 aromatic heterocycles. The first-order valence-corrected chi connectivity index (χ1v) is 4.13. The number of carbonyl (C=O) groups excluding carboxylic acids is 1. The minimum atomic E-state index is -0.941. The van der Waals surface area contributed by atoms with Crippen molar-refractivity contribution >= 4 is 11.9 Å². The highest BCUT2D eigenvalue weighted by Crippen LogP contribution is 2.16. The molecule has 0 spiro atoms. The third kappa shape index (κ3) is 2.00. The van der Waals surface area contributed by atoms with E-state index in [2.05, 4.69) is 11.8 Å². The molecule has 4 nitrogen and oxygen atoms in total. The van der Waals surface area contributed by atoms with E-state index >= 15 is 0 Å². The lowest BCUT2D eigenvalue weighted by Crippen LogP contribution is -2.39. The summed E-state index contributed by atoms with van der Waals surface area (Å²) in [6.45, 7) is 2.06. The number of carboxylic acid groups (broad SMARTS) is 1. The molecule has 4 heteroatoms. The van der Waals surface area contributed by atoms with Crippen molar-refractivity contribution in [2.75, 3.05) is 6.54 Å². The first kappa shape index (κ1) is 9.59. The standard InChI is InChI=1S/C9H11NO3/c1-2-4-8(11)10-6-3-5-7(10)9(12)13/h7H,3,5-6H2,1H3,(H,12,13). The van der Waals surface area contributed by atoms with Gasteiger partial charge >= 0.3 is 5.97 Å². The van der Waals surface area contributed by atoms with Crippen molar-refractivity contribution in [2.45, 2.75) is 25.8 Å². The zero-order chi connectivity index (χ0) is 9.84. The average Bonchev–Trinajstić information content (AvgIpc) is 2.52. The van der Waals surface area contributed by atoms with Gasteiger partial charge in [0.15, 0.2) is 0 Å². The lowest BCUT2D eigenvalue weighted by molar-refractivity contribution is -0.146. The molecule has 0 bridgehead atoms. The van der Waals surface area contributed by atoms with Crippen LogP contribution in [0.5, 0.6) is 0 Å². The van der Waals surface area contributed by atoms with Crippen LogP contribution in [0.1, 0.15) is 19.8 Å². The number of nitrogens with zero attached hydrogens (tertiary/aromatic N) is 1. The zero-order valence-electron chi connectivity index (χ0n) is 7.41. The Bertz CT molecular complexity index is 287. The minimum Gasteiger partial charge on any atom is -0.480 e. The summed E-state index contributed by atoms with van der Waals surface area (Å²) in [5.41, 5.74) is 0. The number of carbonyl (C=O) groups is 2. The van der Waals surface area contributed by atoms with Gasteiger partial charge < -0.3 is 10.0 Å². The van der Waals surface area contributed by atoms with Gasteiger partial charge in [0, 0.05) is 6.54 Å². The van der Waals surface area contributed by atoms with E-state index in [0.717, 1.165) is 6.42 Å². The van der Waals surface area contributed by atoms with Crippen molar-refractivity contribution in [3.63, 3.8) is 0 Å². The van der Waals surface area contributed by atoms with Crippen molar-refractivity contribution in [3.8, 4) is 11.8 Å². The maximum atomic E-state index is 11.2. The summed E-state index contributed by atoms with van der Waals surface area (Å²) in [6, 6.07) is -0.673. The Morgan fingerprint density at radius 2 is 2.23 bits per heavy atom. The molecule has 1 amide bonds. The highest BCUT2D eigenvalue weighted by Gasteiger charge is 2.32. The summed E-state index contributed by atoms with van der Waals surface area (Å²) in [4.78, 5) is 23.2. The molecule has 1 rings (SSSR count). The second-order valence-electron chi connectivity index (χ2n) is 2.87. The van der Waals surface area contributed by atoms with E-state index in [-0.39, 0.29) is 5.91 Å². The van der Waals surface area contributed by atoms with E-state index < -0.39 is 12.0 Å². The van der Waals surface area contributed by atoms with Crippen LogP contribution < -0.4 is 0 Å². The second kappa shape index (κ2) is 3.94. The van der Waals surface area contributed by atoms with E-state index in [1.54, 1.807) is 6.92 Å². The molecular weight excluding hydrogens is 170 g/mol. The molecule has 0 aliphatic carbocycles. The molecule has 0 saturated carbocycles. The van der Waals surface area contributed by atoms with Crippen molar-refractivity contribution in [2.24, 2.45) is 0 Å². The number of likely N-dealkylation sites (tertiary alicyclic amines) is 1. The van der Waals surface area contributed by atoms with Crippen molar-refractivity contribution in [1.82, 2.24) is 4.90 Å². The van der Waals surface area contributed by atoms with Crippen LogP contribution in [0.3, 0.4) is 0 Å². The second-order valence-corrected chi connectivity index (χ2v) is 2.87. The number of rotatable bonds is 1. The van der Waals surface area contributed by atoms with Crippen LogP contribution in [0.4, 0.5) is 0 Å². The fourth-order valence-electron chi connectivity index (χ4n) is 1.45. The van der Waals surface area contributed by atoms with Crippen molar-refractivity contribution in [1.29, 1.82) is 0 Å². The van der Waals surface area contributed by atoms with Gasteiger partial charge in [-0.1, -0.05) is 5.92 Å². The molecule has 13 heavy (non-hydrogen) atoms. The SMILES string of the molecule is CC#CC(=O)N1CCCC1C(=O)O. The third-order valence-electron chi connectivity index (χ3n) is 2.03. The molecule has 70 valence electrons. The van der Waals surface area contributed by atoms with Gasteiger partial charge in [-0.25, -0.2) is 4.79 Å². The summed E-state index contributed by atoms with van der Waals surface area (Å²) in [5.74, 6) is 3.49. The van der Waals surface area contributed by atoms with Gasteiger partial charge in [-0.15, -0.1) is 0 Å². The summed E-state index contributed by atoms with van der Waals surface area (Å²) in [6.07, 6.45) is 1.28. The normalized spacial score (nSPS) is 20.7. The van der Waals surface area contributed by atoms with Crippen LogP contribution in [0, 0.1) is 11.8 Å². The van der Waals surface area contributed by atoms with E-state index in [0.29, 0.717) is 13.0 Å². The lowest BCUT2D eigenvalue weighted by atomic mass is 10.2. The third-order valence-corrected chi connectivity index (χ3v) is 2.03. The number of hydrogen-bond acceptors (Lipinski definition) is 2. The maximum absolute atomic E-state index is 11.2. The molecule has 1 N–H and O–H groups in total. The monoisotopic (exact) mass is 181 g/mol. The summed E-state index contributed by atoms with van der Waals surface area (Å²) < 4.78 is 0. The van der Waals surface area contributed by atoms with Crippen molar-refractivity contribution in [3.05, 3.63) is 0 Å². The number of carboxylic acids is 1. The first-order chi connectivity index (χ1) is 6.16. The summed E-state index contributed by atoms with van der Waals surface area (Å²) in [7, 11) is 0. The molecule has 0 aromatic carbocycles. The van der Waals surface area contributed by atoms with Crippen LogP contribution in [-0.4, -0.2) is 34.5 Å². The van der Waals surface area contributed by atoms with Crippen LogP contribution in [0.15, 0.2) is 0 Å². The number of amides is 1. The lowest BCUT2D eigenvalue weighted by Gasteiger charge is -2.17. The maximum Gasteiger partial charge on any atom is 0.326 e. The summed E-state index contributed by atoms with van der Waals surface area (Å²) in [5, 5.41) is 8.76. The molecule has 1 saturated heterocycles. The highest BCUT2D eigenvalue weighted by molar-refractivity contribution is 5.96. The highest BCUT2D eigenvalue weighted by atomic mass is 16.4. The molecule has 0 radical (unpaired) electrons. The summed E-state index contributed by atoms with van der Waals surface area (Å²) >= 11 is 0. The van der Waals surface area contributed by atoms with Crippen molar-refractivity contribution < 1.29 is 14.7 Å². The fraction of sp³-hybridized carbons (Fsp3) is 0.556. The van der Waals surface area contributed by atoms with E-state index in [1.807, 2.05) is 0 Å². The molecule has 1 aliphatic heterocycles. The van der Waals surface area contributed by atoms with Crippen LogP contribution in [0.25, 0.3) is 0 Å². The Morgan fingerprint density at radius 3 is 2.77 bits per heavy atom. The average molecular weight is 181 g/mol. The minimum absolute atomic E-state index is 0.382. The number of aliphatic carboxylic acids is 1. The van der Waals surface area contributed by atoms with Gasteiger partial charge in [-0.2, -0.15) is 0 Å². The molecular formula is C9H11NO3. The number of hydrogen-bond donors (Lipinski definition) is 1. The van der Waals surface area contributed by atoms with Gasteiger partial charge in [0.05, 0.1) is 0 Å². The van der Waals surface area contributed by atoms with Gasteiger partial charge in [-0.05, 0) is 25.7 Å². The van der Waals surface area contributed by atoms with Gasteiger partial charge in [0.1, 0.15) is 6.04 Å². The smallest absolute Gasteiger partial charge is 0.326 e.